The van der Waals surface area contributed by atoms with Crippen molar-refractivity contribution in [3.8, 4) is 17.0 Å². The summed E-state index contributed by atoms with van der Waals surface area (Å²) in [5.74, 6) is -2.70. The number of rotatable bonds is 5. The fraction of sp³-hybridized carbons (Fsp3) is 0.0455. The standard InChI is InChI=1S/C22H13ClFN3O5/c1-11-3-2-4-15(23)18(11)21(29)27-17-8-13(32-10-28)9-25-20(17)19(26-27)14-6-5-12(22(30)31)7-16(14)24/h2-10H,1H3,(H,30,31). The predicted molar refractivity (Wildman–Crippen MR) is 112 cm³/mol. The van der Waals surface area contributed by atoms with Crippen molar-refractivity contribution >= 4 is 41.0 Å². The van der Waals surface area contributed by atoms with Crippen molar-refractivity contribution in [1.82, 2.24) is 14.8 Å². The largest absolute Gasteiger partial charge is 0.478 e. The quantitative estimate of drug-likeness (QED) is 0.452. The van der Waals surface area contributed by atoms with Gasteiger partial charge in [-0.2, -0.15) is 9.78 Å². The molecule has 2 heterocycles. The first-order valence-corrected chi connectivity index (χ1v) is 9.51. The molecule has 2 aromatic heterocycles. The van der Waals surface area contributed by atoms with Gasteiger partial charge in [-0.15, -0.1) is 0 Å². The zero-order valence-corrected chi connectivity index (χ0v) is 17.1. The van der Waals surface area contributed by atoms with Crippen molar-refractivity contribution in [3.63, 3.8) is 0 Å². The van der Waals surface area contributed by atoms with Crippen LogP contribution in [0.1, 0.15) is 26.3 Å². The number of aryl methyl sites for hydroxylation is 1. The summed E-state index contributed by atoms with van der Waals surface area (Å²) < 4.78 is 20.6. The van der Waals surface area contributed by atoms with E-state index >= 15 is 0 Å². The van der Waals surface area contributed by atoms with Crippen LogP contribution in [0.15, 0.2) is 48.7 Å². The number of carbonyl (C=O) groups is 3. The van der Waals surface area contributed by atoms with Gasteiger partial charge in [0.25, 0.3) is 12.4 Å². The van der Waals surface area contributed by atoms with Crippen molar-refractivity contribution in [1.29, 1.82) is 0 Å². The van der Waals surface area contributed by atoms with E-state index in [4.69, 9.17) is 21.4 Å². The molecule has 2 aromatic carbocycles. The second kappa shape index (κ2) is 8.20. The lowest BCUT2D eigenvalue weighted by Crippen LogP contribution is -2.15. The summed E-state index contributed by atoms with van der Waals surface area (Å²) in [6.45, 7) is 1.91. The summed E-state index contributed by atoms with van der Waals surface area (Å²) in [4.78, 5) is 39.4. The van der Waals surface area contributed by atoms with Gasteiger partial charge in [-0.25, -0.2) is 14.2 Å². The minimum atomic E-state index is -1.29. The van der Waals surface area contributed by atoms with Crippen LogP contribution >= 0.6 is 11.6 Å². The summed E-state index contributed by atoms with van der Waals surface area (Å²) in [6.07, 6.45) is 1.22. The van der Waals surface area contributed by atoms with Gasteiger partial charge in [-0.3, -0.25) is 9.59 Å². The van der Waals surface area contributed by atoms with E-state index in [1.807, 2.05) is 0 Å². The Morgan fingerprint density at radius 3 is 2.66 bits per heavy atom. The molecule has 0 aliphatic rings. The SMILES string of the molecule is Cc1cccc(Cl)c1C(=O)n1nc(-c2ccc(C(=O)O)cc2F)c2ncc(OC=O)cc21. The second-order valence-electron chi connectivity index (χ2n) is 6.75. The highest BCUT2D eigenvalue weighted by molar-refractivity contribution is 6.34. The van der Waals surface area contributed by atoms with Gasteiger partial charge in [0.1, 0.15) is 22.5 Å². The number of carbonyl (C=O) groups excluding carboxylic acids is 2. The fourth-order valence-corrected chi connectivity index (χ4v) is 3.59. The van der Waals surface area contributed by atoms with Crippen molar-refractivity contribution in [3.05, 3.63) is 76.2 Å². The maximum atomic E-state index is 14.8. The van der Waals surface area contributed by atoms with Gasteiger partial charge in [0.05, 0.1) is 22.3 Å². The summed E-state index contributed by atoms with van der Waals surface area (Å²) >= 11 is 6.24. The Hall–Kier alpha value is -4.11. The molecule has 32 heavy (non-hydrogen) atoms. The third kappa shape index (κ3) is 3.58. The lowest BCUT2D eigenvalue weighted by atomic mass is 10.1. The third-order valence-corrected chi connectivity index (χ3v) is 5.09. The number of carboxylic acids is 1. The number of pyridine rings is 1. The van der Waals surface area contributed by atoms with E-state index in [9.17, 15) is 18.8 Å². The molecule has 0 radical (unpaired) electrons. The number of hydrogen-bond donors (Lipinski definition) is 1. The van der Waals surface area contributed by atoms with Crippen LogP contribution in [0.2, 0.25) is 5.02 Å². The summed E-state index contributed by atoms with van der Waals surface area (Å²) in [7, 11) is 0. The molecule has 0 atom stereocenters. The zero-order valence-electron chi connectivity index (χ0n) is 16.4. The van der Waals surface area contributed by atoms with Gasteiger partial charge in [0.2, 0.25) is 0 Å². The zero-order chi connectivity index (χ0) is 23.0. The minimum absolute atomic E-state index is 0.00477. The van der Waals surface area contributed by atoms with E-state index in [1.165, 1.54) is 24.4 Å². The van der Waals surface area contributed by atoms with E-state index in [0.29, 0.717) is 5.56 Å². The van der Waals surface area contributed by atoms with Gasteiger partial charge >= 0.3 is 5.97 Å². The molecular formula is C22H13ClFN3O5. The van der Waals surface area contributed by atoms with Crippen LogP contribution < -0.4 is 4.74 Å². The van der Waals surface area contributed by atoms with E-state index in [0.717, 1.165) is 10.7 Å². The van der Waals surface area contributed by atoms with Crippen LogP contribution in [0.5, 0.6) is 5.75 Å². The van der Waals surface area contributed by atoms with E-state index in [1.54, 1.807) is 25.1 Å². The number of nitrogens with zero attached hydrogens (tertiary/aromatic N) is 3. The molecule has 4 aromatic rings. The number of aromatic nitrogens is 3. The molecule has 8 nitrogen and oxygen atoms in total. The highest BCUT2D eigenvalue weighted by atomic mass is 35.5. The topological polar surface area (TPSA) is 111 Å². The highest BCUT2D eigenvalue weighted by Gasteiger charge is 2.24. The number of fused-ring (bicyclic) bond motifs is 1. The number of ether oxygens (including phenoxy) is 1. The van der Waals surface area contributed by atoms with Crippen LogP contribution in [-0.4, -0.2) is 38.2 Å². The van der Waals surface area contributed by atoms with Crippen molar-refractivity contribution in [2.24, 2.45) is 0 Å². The molecule has 10 heteroatoms. The molecule has 0 unspecified atom stereocenters. The van der Waals surface area contributed by atoms with Gasteiger partial charge in [0.15, 0.2) is 5.75 Å². The predicted octanol–water partition coefficient (Wildman–Crippen LogP) is 4.12. The molecule has 1 N–H and O–H groups in total. The Bertz CT molecular complexity index is 1400. The summed E-state index contributed by atoms with van der Waals surface area (Å²) in [6, 6.07) is 9.63. The van der Waals surface area contributed by atoms with Gasteiger partial charge in [0, 0.05) is 11.6 Å². The van der Waals surface area contributed by atoms with Crippen molar-refractivity contribution in [2.75, 3.05) is 0 Å². The minimum Gasteiger partial charge on any atom is -0.478 e. The Labute approximate surface area is 184 Å². The molecule has 4 rings (SSSR count). The Morgan fingerprint density at radius 2 is 2.00 bits per heavy atom. The fourth-order valence-electron chi connectivity index (χ4n) is 3.28. The van der Waals surface area contributed by atoms with Gasteiger partial charge < -0.3 is 9.84 Å². The number of aromatic carboxylic acids is 1. The molecule has 0 fully saturated rings. The van der Waals surface area contributed by atoms with Crippen LogP contribution in [0.4, 0.5) is 4.39 Å². The first-order valence-electron chi connectivity index (χ1n) is 9.14. The number of hydrogen-bond acceptors (Lipinski definition) is 6. The van der Waals surface area contributed by atoms with Crippen LogP contribution in [0, 0.1) is 12.7 Å². The monoisotopic (exact) mass is 453 g/mol. The molecule has 0 aliphatic heterocycles. The Morgan fingerprint density at radius 1 is 1.22 bits per heavy atom. The number of carboxylic acid groups (broad SMARTS) is 1. The van der Waals surface area contributed by atoms with E-state index in [2.05, 4.69) is 10.1 Å². The third-order valence-electron chi connectivity index (χ3n) is 4.78. The van der Waals surface area contributed by atoms with Crippen LogP contribution in [-0.2, 0) is 4.79 Å². The normalized spacial score (nSPS) is 10.8. The van der Waals surface area contributed by atoms with Gasteiger partial charge in [-0.05, 0) is 36.8 Å². The maximum Gasteiger partial charge on any atom is 0.335 e. The van der Waals surface area contributed by atoms with E-state index in [-0.39, 0.29) is 50.7 Å². The Kier molecular flexibility index (Phi) is 5.41. The number of benzene rings is 2. The molecular weight excluding hydrogens is 441 g/mol. The average Bonchev–Trinajstić information content (AvgIpc) is 3.12. The number of halogens is 2. The van der Waals surface area contributed by atoms with Crippen LogP contribution in [0.25, 0.3) is 22.3 Å². The van der Waals surface area contributed by atoms with Crippen molar-refractivity contribution < 1.29 is 28.6 Å². The smallest absolute Gasteiger partial charge is 0.335 e. The molecule has 0 spiro atoms. The molecule has 0 saturated heterocycles. The lowest BCUT2D eigenvalue weighted by Gasteiger charge is -2.08. The summed E-state index contributed by atoms with van der Waals surface area (Å²) in [5, 5.41) is 13.5. The molecule has 0 bridgehead atoms. The first kappa shape index (κ1) is 21.1. The van der Waals surface area contributed by atoms with Gasteiger partial charge in [-0.1, -0.05) is 23.7 Å². The summed E-state index contributed by atoms with van der Waals surface area (Å²) in [5.41, 5.74) is 0.775. The highest BCUT2D eigenvalue weighted by Crippen LogP contribution is 2.32. The molecule has 0 amide bonds. The Balaban J connectivity index is 1.98. The molecule has 0 saturated carbocycles. The van der Waals surface area contributed by atoms with Crippen LogP contribution in [0.3, 0.4) is 0 Å². The van der Waals surface area contributed by atoms with Crippen molar-refractivity contribution in [2.45, 2.75) is 6.92 Å². The maximum absolute atomic E-state index is 14.8. The second-order valence-corrected chi connectivity index (χ2v) is 7.16. The average molecular weight is 454 g/mol. The van der Waals surface area contributed by atoms with E-state index < -0.39 is 17.7 Å². The lowest BCUT2D eigenvalue weighted by molar-refractivity contribution is -0.120. The molecule has 160 valence electrons. The first-order chi connectivity index (χ1) is 15.3. The molecule has 0 aliphatic carbocycles.